The number of fused-ring (bicyclic) bond motifs is 5. The van der Waals surface area contributed by atoms with Crippen LogP contribution in [0.5, 0.6) is 0 Å². The Hall–Kier alpha value is -0.120. The van der Waals surface area contributed by atoms with Gasteiger partial charge in [0.25, 0.3) is 0 Å². The molecule has 4 aliphatic carbocycles. The third-order valence-corrected chi connectivity index (χ3v) is 9.70. The molecule has 8 unspecified atom stereocenters. The van der Waals surface area contributed by atoms with Gasteiger partial charge in [0.15, 0.2) is 5.79 Å². The molecule has 0 bridgehead atoms. The Kier molecular flexibility index (Phi) is 8.30. The van der Waals surface area contributed by atoms with Crippen molar-refractivity contribution in [1.82, 2.24) is 0 Å². The quantitative estimate of drug-likeness (QED) is 0.517. The number of aliphatic hydroxyl groups is 2. The molecular formula is C26H50O3. The molecule has 0 aliphatic heterocycles. The molecule has 3 nitrogen and oxygen atoms in total. The molecule has 0 aromatic carbocycles. The summed E-state index contributed by atoms with van der Waals surface area (Å²) >= 11 is 0. The number of rotatable bonds is 2. The maximum atomic E-state index is 10.8. The Balaban J connectivity index is 0.000000707. The minimum absolute atomic E-state index is 0.0591. The van der Waals surface area contributed by atoms with Crippen molar-refractivity contribution in [2.45, 2.75) is 118 Å². The van der Waals surface area contributed by atoms with E-state index in [0.29, 0.717) is 5.41 Å². The molecule has 9 atom stereocenters. The van der Waals surface area contributed by atoms with Gasteiger partial charge in [-0.05, 0) is 99.2 Å². The van der Waals surface area contributed by atoms with Gasteiger partial charge in [-0.25, -0.2) is 0 Å². The largest absolute Gasteiger partial charge is 0.393 e. The fraction of sp³-hybridized carbons (Fsp3) is 1.00. The van der Waals surface area contributed by atoms with Gasteiger partial charge in [0, 0.05) is 13.0 Å². The van der Waals surface area contributed by atoms with Crippen molar-refractivity contribution in [2.24, 2.45) is 40.4 Å². The van der Waals surface area contributed by atoms with Crippen LogP contribution >= 0.6 is 0 Å². The lowest BCUT2D eigenvalue weighted by atomic mass is 9.44. The topological polar surface area (TPSA) is 49.7 Å². The Morgan fingerprint density at radius 3 is 2.03 bits per heavy atom. The van der Waals surface area contributed by atoms with Crippen LogP contribution in [-0.2, 0) is 4.74 Å². The molecule has 0 aromatic heterocycles. The molecule has 0 saturated heterocycles. The smallest absolute Gasteiger partial charge is 0.165 e. The summed E-state index contributed by atoms with van der Waals surface area (Å²) in [5.41, 5.74) is 0.656. The van der Waals surface area contributed by atoms with E-state index in [0.717, 1.165) is 42.9 Å². The highest BCUT2D eigenvalue weighted by atomic mass is 16.6. The van der Waals surface area contributed by atoms with Crippen LogP contribution in [-0.4, -0.2) is 29.2 Å². The Bertz CT molecular complexity index is 518. The SMILES string of the molecule is CC.CC.COC(C)(O)C1CCC2C3CC[C@H]4CC(O)CCC4(C)C3CCC21C. The third-order valence-electron chi connectivity index (χ3n) is 9.70. The number of hydrogen-bond acceptors (Lipinski definition) is 3. The first-order valence-corrected chi connectivity index (χ1v) is 12.7. The van der Waals surface area contributed by atoms with Gasteiger partial charge >= 0.3 is 0 Å². The molecule has 0 spiro atoms. The minimum Gasteiger partial charge on any atom is -0.393 e. The summed E-state index contributed by atoms with van der Waals surface area (Å²) in [5, 5.41) is 21.0. The molecule has 0 heterocycles. The number of ether oxygens (including phenoxy) is 1. The average Bonchev–Trinajstić information content (AvgIpc) is 3.09. The zero-order valence-corrected chi connectivity index (χ0v) is 20.6. The van der Waals surface area contributed by atoms with Gasteiger partial charge < -0.3 is 14.9 Å². The van der Waals surface area contributed by atoms with Crippen LogP contribution in [0.3, 0.4) is 0 Å². The van der Waals surface area contributed by atoms with Crippen molar-refractivity contribution in [3.05, 3.63) is 0 Å². The van der Waals surface area contributed by atoms with Gasteiger partial charge in [0.1, 0.15) is 0 Å². The molecular weight excluding hydrogens is 360 g/mol. The van der Waals surface area contributed by atoms with Crippen molar-refractivity contribution in [2.75, 3.05) is 7.11 Å². The van der Waals surface area contributed by atoms with Gasteiger partial charge in [-0.1, -0.05) is 41.5 Å². The normalized spacial score (nSPS) is 47.8. The number of methoxy groups -OCH3 is 1. The molecule has 4 aliphatic rings. The highest BCUT2D eigenvalue weighted by molar-refractivity contribution is 5.10. The average molecular weight is 411 g/mol. The van der Waals surface area contributed by atoms with Crippen LogP contribution in [0.4, 0.5) is 0 Å². The van der Waals surface area contributed by atoms with Crippen LogP contribution in [0.25, 0.3) is 0 Å². The molecule has 4 saturated carbocycles. The number of hydrogen-bond donors (Lipinski definition) is 2. The molecule has 4 fully saturated rings. The van der Waals surface area contributed by atoms with E-state index < -0.39 is 5.79 Å². The lowest BCUT2D eigenvalue weighted by Crippen LogP contribution is -2.55. The molecule has 0 aromatic rings. The lowest BCUT2D eigenvalue weighted by molar-refractivity contribution is -0.238. The zero-order chi connectivity index (χ0) is 22.0. The maximum absolute atomic E-state index is 10.8. The van der Waals surface area contributed by atoms with Crippen LogP contribution in [0.15, 0.2) is 0 Å². The summed E-state index contributed by atoms with van der Waals surface area (Å²) < 4.78 is 5.52. The molecule has 172 valence electrons. The molecule has 2 N–H and O–H groups in total. The predicted molar refractivity (Wildman–Crippen MR) is 122 cm³/mol. The lowest BCUT2D eigenvalue weighted by Gasteiger charge is -2.61. The fourth-order valence-electron chi connectivity index (χ4n) is 8.26. The van der Waals surface area contributed by atoms with E-state index in [-0.39, 0.29) is 17.4 Å². The highest BCUT2D eigenvalue weighted by Gasteiger charge is 2.62. The summed E-state index contributed by atoms with van der Waals surface area (Å²) in [4.78, 5) is 0. The van der Waals surface area contributed by atoms with E-state index in [1.807, 2.05) is 34.6 Å². The first kappa shape index (κ1) is 25.1. The second-order valence-electron chi connectivity index (χ2n) is 10.5. The van der Waals surface area contributed by atoms with E-state index in [1.165, 1.54) is 38.5 Å². The fourth-order valence-corrected chi connectivity index (χ4v) is 8.26. The van der Waals surface area contributed by atoms with Crippen LogP contribution in [0, 0.1) is 40.4 Å². The van der Waals surface area contributed by atoms with E-state index in [4.69, 9.17) is 4.74 Å². The summed E-state index contributed by atoms with van der Waals surface area (Å²) in [6.07, 6.45) is 10.7. The summed E-state index contributed by atoms with van der Waals surface area (Å²) in [6, 6.07) is 0. The first-order chi connectivity index (χ1) is 13.7. The van der Waals surface area contributed by atoms with Gasteiger partial charge in [0.05, 0.1) is 6.10 Å². The minimum atomic E-state index is -0.994. The van der Waals surface area contributed by atoms with Crippen molar-refractivity contribution < 1.29 is 14.9 Å². The standard InChI is InChI=1S/C22H38O3.2C2H6/c1-20-11-9-15(23)13-14(20)5-6-16-17-7-8-19(22(3,24)25-4)21(17,2)12-10-18(16)20;2*1-2/h14-19,23-24H,5-13H2,1-4H3;2*1-2H3/t14-,15?,16?,17?,18?,19?,20?,21?,22?;;/m0../s1. The second-order valence-corrected chi connectivity index (χ2v) is 10.5. The van der Waals surface area contributed by atoms with E-state index in [1.54, 1.807) is 7.11 Å². The highest BCUT2D eigenvalue weighted by Crippen LogP contribution is 2.68. The van der Waals surface area contributed by atoms with Crippen LogP contribution < -0.4 is 0 Å². The molecule has 3 heteroatoms. The summed E-state index contributed by atoms with van der Waals surface area (Å²) in [7, 11) is 1.65. The van der Waals surface area contributed by atoms with Crippen molar-refractivity contribution >= 4 is 0 Å². The molecule has 29 heavy (non-hydrogen) atoms. The van der Waals surface area contributed by atoms with Crippen molar-refractivity contribution in [1.29, 1.82) is 0 Å². The van der Waals surface area contributed by atoms with Crippen molar-refractivity contribution in [3.63, 3.8) is 0 Å². The Morgan fingerprint density at radius 1 is 0.828 bits per heavy atom. The van der Waals surface area contributed by atoms with E-state index in [2.05, 4.69) is 13.8 Å². The Morgan fingerprint density at radius 2 is 1.41 bits per heavy atom. The van der Waals surface area contributed by atoms with Gasteiger partial charge in [-0.3, -0.25) is 0 Å². The first-order valence-electron chi connectivity index (χ1n) is 12.7. The Labute approximate surface area is 181 Å². The summed E-state index contributed by atoms with van der Waals surface area (Å²) in [6.45, 7) is 14.9. The monoisotopic (exact) mass is 410 g/mol. The van der Waals surface area contributed by atoms with Gasteiger partial charge in [-0.15, -0.1) is 0 Å². The summed E-state index contributed by atoms with van der Waals surface area (Å²) in [5.74, 6) is 2.36. The van der Waals surface area contributed by atoms with Crippen LogP contribution in [0.2, 0.25) is 0 Å². The maximum Gasteiger partial charge on any atom is 0.165 e. The molecule has 0 amide bonds. The second kappa shape index (κ2) is 9.57. The zero-order valence-electron chi connectivity index (χ0n) is 20.6. The van der Waals surface area contributed by atoms with Crippen LogP contribution in [0.1, 0.15) is 106 Å². The van der Waals surface area contributed by atoms with E-state index in [9.17, 15) is 10.2 Å². The van der Waals surface area contributed by atoms with Crippen molar-refractivity contribution in [3.8, 4) is 0 Å². The van der Waals surface area contributed by atoms with E-state index >= 15 is 0 Å². The van der Waals surface area contributed by atoms with Gasteiger partial charge in [0.2, 0.25) is 0 Å². The molecule has 0 radical (unpaired) electrons. The number of aliphatic hydroxyl groups excluding tert-OH is 1. The predicted octanol–water partition coefficient (Wildman–Crippen LogP) is 6.41. The molecule has 4 rings (SSSR count). The van der Waals surface area contributed by atoms with Gasteiger partial charge in [-0.2, -0.15) is 0 Å². The third kappa shape index (κ3) is 4.17.